The first-order valence-corrected chi connectivity index (χ1v) is 6.30. The molecular formula is C9H14N2O2S. The number of nitrogen functional groups attached to an aromatic ring is 1. The molecule has 0 radical (unpaired) electrons. The molecule has 0 fully saturated rings. The Balaban J connectivity index is 2.43. The molecule has 0 bridgehead atoms. The maximum atomic E-state index is 10.8. The summed E-state index contributed by atoms with van der Waals surface area (Å²) in [6.07, 6.45) is 1.22. The van der Waals surface area contributed by atoms with Gasteiger partial charge < -0.3 is 11.1 Å². The second kappa shape index (κ2) is 4.32. The van der Waals surface area contributed by atoms with E-state index in [1.807, 2.05) is 12.1 Å². The Morgan fingerprint density at radius 3 is 2.36 bits per heavy atom. The molecule has 0 atom stereocenters. The van der Waals surface area contributed by atoms with Crippen LogP contribution in [0, 0.1) is 0 Å². The lowest BCUT2D eigenvalue weighted by molar-refractivity contribution is 0.602. The molecule has 0 aliphatic rings. The lowest BCUT2D eigenvalue weighted by Crippen LogP contribution is -2.13. The Morgan fingerprint density at radius 1 is 1.29 bits per heavy atom. The number of hydrogen-bond acceptors (Lipinski definition) is 4. The highest BCUT2D eigenvalue weighted by atomic mass is 32.2. The van der Waals surface area contributed by atoms with Crippen molar-refractivity contribution in [2.75, 3.05) is 29.6 Å². The topological polar surface area (TPSA) is 72.2 Å². The van der Waals surface area contributed by atoms with Crippen LogP contribution in [0.1, 0.15) is 0 Å². The van der Waals surface area contributed by atoms with Crippen molar-refractivity contribution in [3.8, 4) is 0 Å². The van der Waals surface area contributed by atoms with E-state index in [-0.39, 0.29) is 5.75 Å². The predicted molar refractivity (Wildman–Crippen MR) is 59.1 cm³/mol. The molecule has 1 aromatic rings. The van der Waals surface area contributed by atoms with E-state index in [1.54, 1.807) is 12.1 Å². The highest BCUT2D eigenvalue weighted by Crippen LogP contribution is 2.09. The Hall–Kier alpha value is -1.23. The zero-order chi connectivity index (χ0) is 10.6. The molecule has 5 heteroatoms. The highest BCUT2D eigenvalue weighted by Gasteiger charge is 2.00. The van der Waals surface area contributed by atoms with Crippen LogP contribution in [-0.4, -0.2) is 27.0 Å². The summed E-state index contributed by atoms with van der Waals surface area (Å²) in [6, 6.07) is 7.17. The quantitative estimate of drug-likeness (QED) is 0.725. The van der Waals surface area contributed by atoms with Crippen LogP contribution in [0.15, 0.2) is 24.3 Å². The average Bonchev–Trinajstić information content (AvgIpc) is 2.06. The van der Waals surface area contributed by atoms with Gasteiger partial charge in [0.15, 0.2) is 0 Å². The minimum Gasteiger partial charge on any atom is -0.399 e. The van der Waals surface area contributed by atoms with E-state index >= 15 is 0 Å². The largest absolute Gasteiger partial charge is 0.399 e. The SMILES string of the molecule is CS(=O)(=O)CCNc1ccc(N)cc1. The average molecular weight is 214 g/mol. The molecule has 0 aromatic heterocycles. The maximum absolute atomic E-state index is 10.8. The number of nitrogens with one attached hydrogen (secondary N) is 1. The third-order valence-corrected chi connectivity index (χ3v) is 2.66. The van der Waals surface area contributed by atoms with Crippen molar-refractivity contribution < 1.29 is 8.42 Å². The Kier molecular flexibility index (Phi) is 3.35. The van der Waals surface area contributed by atoms with Gasteiger partial charge in [0.1, 0.15) is 9.84 Å². The lowest BCUT2D eigenvalue weighted by Gasteiger charge is -2.05. The van der Waals surface area contributed by atoms with Crippen LogP contribution in [0.4, 0.5) is 11.4 Å². The number of rotatable bonds is 4. The summed E-state index contributed by atoms with van der Waals surface area (Å²) in [7, 11) is -2.89. The van der Waals surface area contributed by atoms with Crippen LogP contribution in [0.2, 0.25) is 0 Å². The van der Waals surface area contributed by atoms with Crippen LogP contribution in [0.25, 0.3) is 0 Å². The van der Waals surface area contributed by atoms with E-state index < -0.39 is 9.84 Å². The van der Waals surface area contributed by atoms with E-state index in [0.29, 0.717) is 12.2 Å². The fourth-order valence-corrected chi connectivity index (χ4v) is 1.45. The van der Waals surface area contributed by atoms with E-state index in [9.17, 15) is 8.42 Å². The summed E-state index contributed by atoms with van der Waals surface area (Å²) in [5.74, 6) is 0.136. The zero-order valence-electron chi connectivity index (χ0n) is 8.03. The molecular weight excluding hydrogens is 200 g/mol. The minimum atomic E-state index is -2.89. The van der Waals surface area contributed by atoms with Crippen LogP contribution >= 0.6 is 0 Å². The standard InChI is InChI=1S/C9H14N2O2S/c1-14(12,13)7-6-11-9-4-2-8(10)3-5-9/h2-5,11H,6-7,10H2,1H3. The molecule has 0 heterocycles. The summed E-state index contributed by atoms with van der Waals surface area (Å²) in [5, 5.41) is 2.99. The number of sulfone groups is 1. The molecule has 0 aliphatic heterocycles. The van der Waals surface area contributed by atoms with Crippen LogP contribution in [-0.2, 0) is 9.84 Å². The number of nitrogens with two attached hydrogens (primary N) is 1. The van der Waals surface area contributed by atoms with Gasteiger partial charge in [0.25, 0.3) is 0 Å². The Labute approximate surface area is 84.0 Å². The molecule has 0 saturated heterocycles. The van der Waals surface area contributed by atoms with E-state index in [2.05, 4.69) is 5.32 Å². The van der Waals surface area contributed by atoms with Crippen molar-refractivity contribution in [1.29, 1.82) is 0 Å². The first-order valence-electron chi connectivity index (χ1n) is 4.24. The van der Waals surface area contributed by atoms with Gasteiger partial charge in [-0.1, -0.05) is 0 Å². The van der Waals surface area contributed by atoms with Gasteiger partial charge in [-0.2, -0.15) is 0 Å². The highest BCUT2D eigenvalue weighted by molar-refractivity contribution is 7.90. The third kappa shape index (κ3) is 4.13. The van der Waals surface area contributed by atoms with Crippen molar-refractivity contribution in [1.82, 2.24) is 0 Å². The summed E-state index contributed by atoms with van der Waals surface area (Å²) in [5.41, 5.74) is 7.07. The molecule has 0 spiro atoms. The summed E-state index contributed by atoms with van der Waals surface area (Å²) in [4.78, 5) is 0. The number of anilines is 2. The number of hydrogen-bond donors (Lipinski definition) is 2. The molecule has 3 N–H and O–H groups in total. The second-order valence-corrected chi connectivity index (χ2v) is 5.44. The Morgan fingerprint density at radius 2 is 1.86 bits per heavy atom. The molecule has 1 aromatic carbocycles. The number of benzene rings is 1. The van der Waals surface area contributed by atoms with Gasteiger partial charge in [-0.15, -0.1) is 0 Å². The van der Waals surface area contributed by atoms with Gasteiger partial charge in [0.2, 0.25) is 0 Å². The molecule has 0 aliphatic carbocycles. The fraction of sp³-hybridized carbons (Fsp3) is 0.333. The molecule has 0 saturated carbocycles. The zero-order valence-corrected chi connectivity index (χ0v) is 8.84. The van der Waals surface area contributed by atoms with Gasteiger partial charge in [-0.05, 0) is 24.3 Å². The first-order chi connectivity index (χ1) is 6.47. The monoisotopic (exact) mass is 214 g/mol. The van der Waals surface area contributed by atoms with E-state index in [4.69, 9.17) is 5.73 Å². The molecule has 14 heavy (non-hydrogen) atoms. The van der Waals surface area contributed by atoms with E-state index in [0.717, 1.165) is 5.69 Å². The normalized spacial score (nSPS) is 11.2. The molecule has 0 unspecified atom stereocenters. The van der Waals surface area contributed by atoms with Gasteiger partial charge >= 0.3 is 0 Å². The van der Waals surface area contributed by atoms with Gasteiger partial charge in [0, 0.05) is 24.2 Å². The first kappa shape index (κ1) is 10.8. The lowest BCUT2D eigenvalue weighted by atomic mass is 10.3. The van der Waals surface area contributed by atoms with Crippen molar-refractivity contribution in [2.45, 2.75) is 0 Å². The predicted octanol–water partition coefficient (Wildman–Crippen LogP) is 0.725. The fourth-order valence-electron chi connectivity index (χ4n) is 0.982. The van der Waals surface area contributed by atoms with Crippen molar-refractivity contribution in [3.05, 3.63) is 24.3 Å². The maximum Gasteiger partial charge on any atom is 0.149 e. The molecule has 1 rings (SSSR count). The van der Waals surface area contributed by atoms with Crippen LogP contribution in [0.3, 0.4) is 0 Å². The Bertz CT molecular complexity index is 384. The van der Waals surface area contributed by atoms with Crippen molar-refractivity contribution in [2.24, 2.45) is 0 Å². The van der Waals surface area contributed by atoms with E-state index in [1.165, 1.54) is 6.26 Å². The van der Waals surface area contributed by atoms with Gasteiger partial charge in [-0.25, -0.2) is 8.42 Å². The van der Waals surface area contributed by atoms with Crippen LogP contribution in [0.5, 0.6) is 0 Å². The summed E-state index contributed by atoms with van der Waals surface area (Å²) >= 11 is 0. The summed E-state index contributed by atoms with van der Waals surface area (Å²) in [6.45, 7) is 0.419. The molecule has 4 nitrogen and oxygen atoms in total. The summed E-state index contributed by atoms with van der Waals surface area (Å²) < 4.78 is 21.6. The minimum absolute atomic E-state index is 0.136. The smallest absolute Gasteiger partial charge is 0.149 e. The van der Waals surface area contributed by atoms with Crippen LogP contribution < -0.4 is 11.1 Å². The van der Waals surface area contributed by atoms with Gasteiger partial charge in [-0.3, -0.25) is 0 Å². The molecule has 78 valence electrons. The van der Waals surface area contributed by atoms with Gasteiger partial charge in [0.05, 0.1) is 5.75 Å². The molecule has 0 amide bonds. The van der Waals surface area contributed by atoms with Crippen molar-refractivity contribution >= 4 is 21.2 Å². The third-order valence-electron chi connectivity index (χ3n) is 1.71. The second-order valence-electron chi connectivity index (χ2n) is 3.18. The van der Waals surface area contributed by atoms with Crippen molar-refractivity contribution in [3.63, 3.8) is 0 Å².